The number of nitrogens with one attached hydrogen (secondary N) is 1. The lowest BCUT2D eigenvalue weighted by Gasteiger charge is -2.26. The SMILES string of the molecule is CCNC(CO)CN(C)C(C)C. The largest absolute Gasteiger partial charge is 0.395 e. The molecular formula is C9H22N2O. The van der Waals surface area contributed by atoms with Crippen LogP contribution >= 0.6 is 0 Å². The van der Waals surface area contributed by atoms with Gasteiger partial charge in [-0.2, -0.15) is 0 Å². The maximum Gasteiger partial charge on any atom is 0.0597 e. The maximum absolute atomic E-state index is 9.00. The van der Waals surface area contributed by atoms with E-state index in [0.29, 0.717) is 6.04 Å². The maximum atomic E-state index is 9.00. The van der Waals surface area contributed by atoms with E-state index >= 15 is 0 Å². The molecule has 0 aromatic heterocycles. The molecule has 0 aromatic carbocycles. The summed E-state index contributed by atoms with van der Waals surface area (Å²) in [5.74, 6) is 0. The minimum absolute atomic E-state index is 0.211. The first kappa shape index (κ1) is 11.9. The van der Waals surface area contributed by atoms with E-state index in [-0.39, 0.29) is 12.6 Å². The molecule has 0 aliphatic heterocycles. The fraction of sp³-hybridized carbons (Fsp3) is 1.00. The van der Waals surface area contributed by atoms with E-state index in [1.165, 1.54) is 0 Å². The molecule has 3 heteroatoms. The van der Waals surface area contributed by atoms with Crippen molar-refractivity contribution < 1.29 is 5.11 Å². The minimum Gasteiger partial charge on any atom is -0.395 e. The molecule has 74 valence electrons. The number of nitrogens with zero attached hydrogens (tertiary/aromatic N) is 1. The van der Waals surface area contributed by atoms with Gasteiger partial charge in [0.2, 0.25) is 0 Å². The Morgan fingerprint density at radius 2 is 2.00 bits per heavy atom. The van der Waals surface area contributed by atoms with Crippen LogP contribution in [0.5, 0.6) is 0 Å². The van der Waals surface area contributed by atoms with Gasteiger partial charge < -0.3 is 15.3 Å². The molecule has 0 aromatic rings. The predicted octanol–water partition coefficient (Wildman–Crippen LogP) is 0.297. The zero-order valence-corrected chi connectivity index (χ0v) is 8.67. The van der Waals surface area contributed by atoms with Gasteiger partial charge in [0.15, 0.2) is 0 Å². The highest BCUT2D eigenvalue weighted by atomic mass is 16.3. The smallest absolute Gasteiger partial charge is 0.0597 e. The molecule has 0 bridgehead atoms. The van der Waals surface area contributed by atoms with E-state index in [1.54, 1.807) is 0 Å². The second-order valence-electron chi connectivity index (χ2n) is 3.47. The zero-order chi connectivity index (χ0) is 9.56. The zero-order valence-electron chi connectivity index (χ0n) is 8.67. The molecule has 12 heavy (non-hydrogen) atoms. The quantitative estimate of drug-likeness (QED) is 0.608. The summed E-state index contributed by atoms with van der Waals surface area (Å²) in [6.45, 7) is 8.39. The van der Waals surface area contributed by atoms with E-state index < -0.39 is 0 Å². The van der Waals surface area contributed by atoms with Gasteiger partial charge in [-0.25, -0.2) is 0 Å². The molecule has 0 rings (SSSR count). The summed E-state index contributed by atoms with van der Waals surface area (Å²) in [5.41, 5.74) is 0. The highest BCUT2D eigenvalue weighted by Crippen LogP contribution is 1.95. The summed E-state index contributed by atoms with van der Waals surface area (Å²) >= 11 is 0. The number of rotatable bonds is 6. The molecular weight excluding hydrogens is 152 g/mol. The number of hydrogen-bond acceptors (Lipinski definition) is 3. The summed E-state index contributed by atoms with van der Waals surface area (Å²) in [5, 5.41) is 12.2. The molecule has 0 saturated heterocycles. The molecule has 0 spiro atoms. The minimum atomic E-state index is 0.211. The lowest BCUT2D eigenvalue weighted by Crippen LogP contribution is -2.44. The molecule has 0 aliphatic carbocycles. The standard InChI is InChI=1S/C9H22N2O/c1-5-10-9(7-12)6-11(4)8(2)3/h8-10,12H,5-7H2,1-4H3. The molecule has 3 nitrogen and oxygen atoms in total. The van der Waals surface area contributed by atoms with Crippen molar-refractivity contribution in [1.29, 1.82) is 0 Å². The first-order valence-corrected chi connectivity index (χ1v) is 4.66. The van der Waals surface area contributed by atoms with Gasteiger partial charge in [0.05, 0.1) is 6.61 Å². The number of aliphatic hydroxyl groups excluding tert-OH is 1. The van der Waals surface area contributed by atoms with Crippen molar-refractivity contribution >= 4 is 0 Å². The van der Waals surface area contributed by atoms with Gasteiger partial charge in [0.25, 0.3) is 0 Å². The second kappa shape index (κ2) is 6.40. The lowest BCUT2D eigenvalue weighted by atomic mass is 10.2. The summed E-state index contributed by atoms with van der Waals surface area (Å²) in [6, 6.07) is 0.750. The fourth-order valence-electron chi connectivity index (χ4n) is 1.03. The van der Waals surface area contributed by atoms with E-state index in [0.717, 1.165) is 13.1 Å². The normalized spacial score (nSPS) is 14.2. The van der Waals surface area contributed by atoms with Crippen molar-refractivity contribution in [1.82, 2.24) is 10.2 Å². The van der Waals surface area contributed by atoms with Crippen LogP contribution < -0.4 is 5.32 Å². The van der Waals surface area contributed by atoms with E-state index in [1.807, 2.05) is 0 Å². The van der Waals surface area contributed by atoms with Crippen molar-refractivity contribution in [2.75, 3.05) is 26.7 Å². The van der Waals surface area contributed by atoms with Crippen LogP contribution in [0.3, 0.4) is 0 Å². The Kier molecular flexibility index (Phi) is 6.34. The van der Waals surface area contributed by atoms with Crippen molar-refractivity contribution in [2.24, 2.45) is 0 Å². The number of hydrogen-bond donors (Lipinski definition) is 2. The van der Waals surface area contributed by atoms with Gasteiger partial charge in [0.1, 0.15) is 0 Å². The Morgan fingerprint density at radius 1 is 1.42 bits per heavy atom. The molecule has 0 heterocycles. The van der Waals surface area contributed by atoms with E-state index in [9.17, 15) is 0 Å². The molecule has 0 saturated carbocycles. The van der Waals surface area contributed by atoms with Gasteiger partial charge in [-0.15, -0.1) is 0 Å². The summed E-state index contributed by atoms with van der Waals surface area (Å²) in [4.78, 5) is 2.23. The average molecular weight is 174 g/mol. The third-order valence-corrected chi connectivity index (χ3v) is 2.10. The molecule has 2 N–H and O–H groups in total. The number of likely N-dealkylation sites (N-methyl/N-ethyl adjacent to an activating group) is 2. The Balaban J connectivity index is 3.68. The molecule has 1 atom stereocenters. The van der Waals surface area contributed by atoms with Crippen molar-refractivity contribution in [3.8, 4) is 0 Å². The molecule has 0 amide bonds. The van der Waals surface area contributed by atoms with Crippen molar-refractivity contribution in [2.45, 2.75) is 32.9 Å². The molecule has 0 aliphatic rings. The topological polar surface area (TPSA) is 35.5 Å². The first-order chi connectivity index (χ1) is 5.61. The van der Waals surface area contributed by atoms with Gasteiger partial charge in [0, 0.05) is 18.6 Å². The fourth-order valence-corrected chi connectivity index (χ4v) is 1.03. The Hall–Kier alpha value is -0.120. The van der Waals surface area contributed by atoms with Crippen LogP contribution in [0.25, 0.3) is 0 Å². The first-order valence-electron chi connectivity index (χ1n) is 4.66. The Morgan fingerprint density at radius 3 is 2.33 bits per heavy atom. The van der Waals surface area contributed by atoms with Gasteiger partial charge in [-0.1, -0.05) is 6.92 Å². The van der Waals surface area contributed by atoms with Crippen LogP contribution in [0.2, 0.25) is 0 Å². The molecule has 0 radical (unpaired) electrons. The van der Waals surface area contributed by atoms with Gasteiger partial charge in [-0.05, 0) is 27.4 Å². The van der Waals surface area contributed by atoms with Crippen molar-refractivity contribution in [3.05, 3.63) is 0 Å². The van der Waals surface area contributed by atoms with E-state index in [2.05, 4.69) is 38.0 Å². The van der Waals surface area contributed by atoms with Crippen LogP contribution in [0.1, 0.15) is 20.8 Å². The Labute approximate surface area is 75.8 Å². The van der Waals surface area contributed by atoms with Crippen LogP contribution in [0.4, 0.5) is 0 Å². The average Bonchev–Trinajstić information content (AvgIpc) is 2.03. The van der Waals surface area contributed by atoms with Crippen LogP contribution in [0, 0.1) is 0 Å². The third kappa shape index (κ3) is 4.70. The summed E-state index contributed by atoms with van der Waals surface area (Å²) in [6.07, 6.45) is 0. The van der Waals surface area contributed by atoms with Crippen LogP contribution in [0.15, 0.2) is 0 Å². The van der Waals surface area contributed by atoms with Crippen molar-refractivity contribution in [3.63, 3.8) is 0 Å². The monoisotopic (exact) mass is 174 g/mol. The van der Waals surface area contributed by atoms with Crippen LogP contribution in [-0.2, 0) is 0 Å². The van der Waals surface area contributed by atoms with Crippen LogP contribution in [-0.4, -0.2) is 48.8 Å². The molecule has 1 unspecified atom stereocenters. The third-order valence-electron chi connectivity index (χ3n) is 2.10. The Bertz CT molecular complexity index is 107. The summed E-state index contributed by atoms with van der Waals surface area (Å²) in [7, 11) is 2.07. The highest BCUT2D eigenvalue weighted by Gasteiger charge is 2.10. The summed E-state index contributed by atoms with van der Waals surface area (Å²) < 4.78 is 0. The second-order valence-corrected chi connectivity index (χ2v) is 3.47. The lowest BCUT2D eigenvalue weighted by molar-refractivity contribution is 0.182. The van der Waals surface area contributed by atoms with Gasteiger partial charge in [-0.3, -0.25) is 0 Å². The predicted molar refractivity (Wildman–Crippen MR) is 52.3 cm³/mol. The van der Waals surface area contributed by atoms with E-state index in [4.69, 9.17) is 5.11 Å². The number of aliphatic hydroxyl groups is 1. The van der Waals surface area contributed by atoms with Gasteiger partial charge >= 0.3 is 0 Å². The molecule has 0 fully saturated rings. The highest BCUT2D eigenvalue weighted by molar-refractivity contribution is 4.70.